The van der Waals surface area contributed by atoms with Crippen LogP contribution in [0.15, 0.2) is 42.5 Å². The second-order valence-corrected chi connectivity index (χ2v) is 5.06. The van der Waals surface area contributed by atoms with Crippen molar-refractivity contribution in [2.24, 2.45) is 0 Å². The van der Waals surface area contributed by atoms with E-state index in [-0.39, 0.29) is 31.4 Å². The molecule has 0 heterocycles. The molecule has 0 bridgehead atoms. The predicted octanol–water partition coefficient (Wildman–Crippen LogP) is 1.96. The molecule has 0 aromatic heterocycles. The van der Waals surface area contributed by atoms with Crippen molar-refractivity contribution in [3.63, 3.8) is 0 Å². The highest BCUT2D eigenvalue weighted by molar-refractivity contribution is 5.87. The van der Waals surface area contributed by atoms with Crippen LogP contribution < -0.4 is 10.2 Å². The molecule has 2 aromatic rings. The van der Waals surface area contributed by atoms with E-state index in [2.05, 4.69) is 22.2 Å². The number of nitrogens with one attached hydrogen (secondary N) is 1. The van der Waals surface area contributed by atoms with E-state index in [4.69, 9.17) is 0 Å². The van der Waals surface area contributed by atoms with E-state index in [1.807, 2.05) is 42.3 Å². The second kappa shape index (κ2) is 7.45. The van der Waals surface area contributed by atoms with Gasteiger partial charge < -0.3 is 15.0 Å². The van der Waals surface area contributed by atoms with Gasteiger partial charge in [-0.3, -0.25) is 9.59 Å². The lowest BCUT2D eigenvalue weighted by molar-refractivity contribution is -0.140. The Morgan fingerprint density at radius 1 is 1.14 bits per heavy atom. The van der Waals surface area contributed by atoms with E-state index in [0.717, 1.165) is 11.1 Å². The predicted molar refractivity (Wildman–Crippen MR) is 86.9 cm³/mol. The average Bonchev–Trinajstić information content (AvgIpc) is 2.54. The van der Waals surface area contributed by atoms with Crippen LogP contribution >= 0.6 is 0 Å². The molecule has 0 radical (unpaired) electrons. The summed E-state index contributed by atoms with van der Waals surface area (Å²) in [6.45, 7) is 0.524. The van der Waals surface area contributed by atoms with Crippen LogP contribution in [0.4, 0.5) is 5.69 Å². The summed E-state index contributed by atoms with van der Waals surface area (Å²) in [6.07, 6.45) is 0.182. The zero-order valence-corrected chi connectivity index (χ0v) is 12.8. The number of carbonyl (C=O) groups excluding carboxylic acids is 2. The summed E-state index contributed by atoms with van der Waals surface area (Å²) in [4.78, 5) is 24.7. The fourth-order valence-corrected chi connectivity index (χ4v) is 2.18. The quantitative estimate of drug-likeness (QED) is 0.829. The van der Waals surface area contributed by atoms with Crippen LogP contribution in [-0.2, 0) is 14.3 Å². The zero-order chi connectivity index (χ0) is 15.9. The van der Waals surface area contributed by atoms with E-state index in [0.29, 0.717) is 0 Å². The Morgan fingerprint density at radius 2 is 1.86 bits per heavy atom. The Hall–Kier alpha value is -2.56. The van der Waals surface area contributed by atoms with Crippen LogP contribution in [0, 0.1) is 0 Å². The maximum Gasteiger partial charge on any atom is 0.307 e. The van der Waals surface area contributed by atoms with Gasteiger partial charge in [0.2, 0.25) is 5.91 Å². The normalized spacial score (nSPS) is 10.3. The molecule has 0 saturated carbocycles. The number of likely N-dealkylation sites (N-methyl/N-ethyl adjacent to an activating group) is 1. The number of esters is 1. The Morgan fingerprint density at radius 3 is 2.59 bits per heavy atom. The lowest BCUT2D eigenvalue weighted by Gasteiger charge is -2.19. The lowest BCUT2D eigenvalue weighted by atomic mass is 10.1. The molecule has 1 amide bonds. The maximum absolute atomic E-state index is 11.9. The van der Waals surface area contributed by atoms with Crippen molar-refractivity contribution in [3.8, 4) is 0 Å². The first kappa shape index (κ1) is 15.8. The Kier molecular flexibility index (Phi) is 5.36. The first-order valence-corrected chi connectivity index (χ1v) is 7.13. The standard InChI is InChI=1S/C17H20N2O3/c1-19(12-16(20)18-10-9-17(21)22-2)15-8-7-13-5-3-4-6-14(13)11-15/h3-8,11H,9-10,12H2,1-2H3,(H,18,20). The van der Waals surface area contributed by atoms with Crippen molar-refractivity contribution in [2.45, 2.75) is 6.42 Å². The minimum Gasteiger partial charge on any atom is -0.469 e. The number of nitrogens with zero attached hydrogens (tertiary/aromatic N) is 1. The van der Waals surface area contributed by atoms with Gasteiger partial charge in [-0.1, -0.05) is 30.3 Å². The summed E-state index contributed by atoms with van der Waals surface area (Å²) in [5.41, 5.74) is 0.974. The van der Waals surface area contributed by atoms with Gasteiger partial charge in [-0.15, -0.1) is 0 Å². The third kappa shape index (κ3) is 4.22. The first-order valence-electron chi connectivity index (χ1n) is 7.13. The van der Waals surface area contributed by atoms with Gasteiger partial charge in [0.1, 0.15) is 0 Å². The number of ether oxygens (including phenoxy) is 1. The van der Waals surface area contributed by atoms with Gasteiger partial charge in [0.05, 0.1) is 20.1 Å². The number of rotatable bonds is 6. The summed E-state index contributed by atoms with van der Waals surface area (Å²) >= 11 is 0. The minimum absolute atomic E-state index is 0.125. The summed E-state index contributed by atoms with van der Waals surface area (Å²) < 4.78 is 4.52. The van der Waals surface area contributed by atoms with Crippen molar-refractivity contribution < 1.29 is 14.3 Å². The van der Waals surface area contributed by atoms with Crippen molar-refractivity contribution in [3.05, 3.63) is 42.5 Å². The number of carbonyl (C=O) groups is 2. The summed E-state index contributed by atoms with van der Waals surface area (Å²) in [6, 6.07) is 14.2. The van der Waals surface area contributed by atoms with Crippen molar-refractivity contribution >= 4 is 28.3 Å². The van der Waals surface area contributed by atoms with Crippen LogP contribution in [0.3, 0.4) is 0 Å². The number of amides is 1. The SMILES string of the molecule is COC(=O)CCNC(=O)CN(C)c1ccc2ccccc2c1. The van der Waals surface area contributed by atoms with E-state index in [1.54, 1.807) is 0 Å². The molecule has 0 atom stereocenters. The fraction of sp³-hybridized carbons (Fsp3) is 0.294. The van der Waals surface area contributed by atoms with Crippen molar-refractivity contribution in [1.82, 2.24) is 5.32 Å². The van der Waals surface area contributed by atoms with Crippen molar-refractivity contribution in [2.75, 3.05) is 32.1 Å². The molecule has 2 rings (SSSR count). The molecule has 5 nitrogen and oxygen atoms in total. The number of hydrogen-bond acceptors (Lipinski definition) is 4. The monoisotopic (exact) mass is 300 g/mol. The molecule has 0 aliphatic rings. The molecule has 2 aromatic carbocycles. The van der Waals surface area contributed by atoms with Gasteiger partial charge in [-0.05, 0) is 22.9 Å². The van der Waals surface area contributed by atoms with Gasteiger partial charge in [-0.2, -0.15) is 0 Å². The third-order valence-electron chi connectivity index (χ3n) is 3.43. The average molecular weight is 300 g/mol. The molecule has 22 heavy (non-hydrogen) atoms. The summed E-state index contributed by atoms with van der Waals surface area (Å²) in [5.74, 6) is -0.456. The first-order chi connectivity index (χ1) is 10.6. The summed E-state index contributed by atoms with van der Waals surface area (Å²) in [5, 5.41) is 5.01. The number of methoxy groups -OCH3 is 1. The van der Waals surface area contributed by atoms with Gasteiger partial charge in [-0.25, -0.2) is 0 Å². The van der Waals surface area contributed by atoms with Gasteiger partial charge in [0.15, 0.2) is 0 Å². The van der Waals surface area contributed by atoms with E-state index < -0.39 is 0 Å². The summed E-state index contributed by atoms with van der Waals surface area (Å²) in [7, 11) is 3.20. The highest BCUT2D eigenvalue weighted by atomic mass is 16.5. The molecule has 0 saturated heterocycles. The van der Waals surface area contributed by atoms with Gasteiger partial charge in [0.25, 0.3) is 0 Å². The molecule has 0 spiro atoms. The van der Waals surface area contributed by atoms with Crippen LogP contribution in [0.1, 0.15) is 6.42 Å². The van der Waals surface area contributed by atoms with Gasteiger partial charge in [0, 0.05) is 19.3 Å². The fourth-order valence-electron chi connectivity index (χ4n) is 2.18. The molecular formula is C17H20N2O3. The van der Waals surface area contributed by atoms with Crippen LogP contribution in [0.5, 0.6) is 0 Å². The number of anilines is 1. The number of fused-ring (bicyclic) bond motifs is 1. The molecule has 0 aliphatic carbocycles. The molecule has 1 N–H and O–H groups in total. The minimum atomic E-state index is -0.330. The zero-order valence-electron chi connectivity index (χ0n) is 12.8. The van der Waals surface area contributed by atoms with Crippen LogP contribution in [-0.4, -0.2) is 39.1 Å². The second-order valence-electron chi connectivity index (χ2n) is 5.06. The topological polar surface area (TPSA) is 58.6 Å². The lowest BCUT2D eigenvalue weighted by Crippen LogP contribution is -2.36. The number of benzene rings is 2. The van der Waals surface area contributed by atoms with Crippen molar-refractivity contribution in [1.29, 1.82) is 0 Å². The Balaban J connectivity index is 1.91. The van der Waals surface area contributed by atoms with E-state index in [1.165, 1.54) is 12.5 Å². The van der Waals surface area contributed by atoms with E-state index >= 15 is 0 Å². The largest absolute Gasteiger partial charge is 0.469 e. The Labute approximate surface area is 129 Å². The molecule has 0 aliphatic heterocycles. The highest BCUT2D eigenvalue weighted by Crippen LogP contribution is 2.20. The molecule has 0 unspecified atom stereocenters. The van der Waals surface area contributed by atoms with Crippen LogP contribution in [0.25, 0.3) is 10.8 Å². The third-order valence-corrected chi connectivity index (χ3v) is 3.43. The molecular weight excluding hydrogens is 280 g/mol. The smallest absolute Gasteiger partial charge is 0.307 e. The highest BCUT2D eigenvalue weighted by Gasteiger charge is 2.08. The Bertz CT molecular complexity index is 670. The molecule has 5 heteroatoms. The maximum atomic E-state index is 11.9. The molecule has 116 valence electrons. The van der Waals surface area contributed by atoms with E-state index in [9.17, 15) is 9.59 Å². The van der Waals surface area contributed by atoms with Gasteiger partial charge >= 0.3 is 5.97 Å². The molecule has 0 fully saturated rings. The van der Waals surface area contributed by atoms with Crippen LogP contribution in [0.2, 0.25) is 0 Å². The number of hydrogen-bond donors (Lipinski definition) is 1.